The van der Waals surface area contributed by atoms with Gasteiger partial charge in [0.2, 0.25) is 5.91 Å². The second kappa shape index (κ2) is 9.66. The Morgan fingerprint density at radius 2 is 1.96 bits per heavy atom. The summed E-state index contributed by atoms with van der Waals surface area (Å²) in [4.78, 5) is 14.3. The third-order valence-electron chi connectivity index (χ3n) is 5.15. The number of rotatable bonds is 8. The van der Waals surface area contributed by atoms with E-state index in [1.54, 1.807) is 14.2 Å². The Hall–Kier alpha value is -1.75. The minimum Gasteiger partial charge on any atom is -0.497 e. The van der Waals surface area contributed by atoms with Gasteiger partial charge in [-0.25, -0.2) is 0 Å². The number of nitrogens with one attached hydrogen (secondary N) is 1. The zero-order valence-corrected chi connectivity index (χ0v) is 16.0. The smallest absolute Gasteiger partial charge is 0.236 e. The van der Waals surface area contributed by atoms with Crippen molar-refractivity contribution in [3.05, 3.63) is 23.8 Å². The number of nitrogens with zero attached hydrogens (tertiary/aromatic N) is 1. The second-order valence-electron chi connectivity index (χ2n) is 6.99. The Bertz CT molecular complexity index is 556. The molecule has 0 aliphatic heterocycles. The quantitative estimate of drug-likeness (QED) is 0.782. The molecule has 0 radical (unpaired) electrons. The standard InChI is InChI=1S/C20H32N2O3/c1-15(18-12-17(24-3)10-11-19(18)25-4)21-13-20(23)22(2)14-16-8-6-5-7-9-16/h10-12,15-16,21H,5-9,13-14H2,1-4H3. The van der Waals surface area contributed by atoms with Gasteiger partial charge in [0, 0.05) is 25.2 Å². The number of likely N-dealkylation sites (N-methyl/N-ethyl adjacent to an activating group) is 1. The van der Waals surface area contributed by atoms with Crippen LogP contribution in [0.1, 0.15) is 50.6 Å². The molecule has 0 saturated heterocycles. The van der Waals surface area contributed by atoms with Gasteiger partial charge in [-0.2, -0.15) is 0 Å². The molecular formula is C20H32N2O3. The molecule has 1 fully saturated rings. The van der Waals surface area contributed by atoms with Crippen molar-refractivity contribution >= 4 is 5.91 Å². The fraction of sp³-hybridized carbons (Fsp3) is 0.650. The number of benzene rings is 1. The largest absolute Gasteiger partial charge is 0.497 e. The van der Waals surface area contributed by atoms with E-state index >= 15 is 0 Å². The fourth-order valence-electron chi connectivity index (χ4n) is 3.52. The number of hydrogen-bond acceptors (Lipinski definition) is 4. The van der Waals surface area contributed by atoms with Crippen LogP contribution in [0.15, 0.2) is 18.2 Å². The lowest BCUT2D eigenvalue weighted by molar-refractivity contribution is -0.129. The van der Waals surface area contributed by atoms with E-state index in [1.165, 1.54) is 32.1 Å². The average Bonchev–Trinajstić information content (AvgIpc) is 2.65. The summed E-state index contributed by atoms with van der Waals surface area (Å²) >= 11 is 0. The van der Waals surface area contributed by atoms with Gasteiger partial charge in [0.05, 0.1) is 20.8 Å². The molecule has 1 saturated carbocycles. The molecule has 1 aromatic carbocycles. The van der Waals surface area contributed by atoms with Gasteiger partial charge in [-0.1, -0.05) is 19.3 Å². The predicted octanol–water partition coefficient (Wildman–Crippen LogP) is 3.39. The Morgan fingerprint density at radius 3 is 2.60 bits per heavy atom. The number of hydrogen-bond donors (Lipinski definition) is 1. The Morgan fingerprint density at radius 1 is 1.24 bits per heavy atom. The van der Waals surface area contributed by atoms with E-state index in [9.17, 15) is 4.79 Å². The summed E-state index contributed by atoms with van der Waals surface area (Å²) in [5.41, 5.74) is 0.990. The summed E-state index contributed by atoms with van der Waals surface area (Å²) in [6, 6.07) is 5.71. The first-order valence-corrected chi connectivity index (χ1v) is 9.24. The summed E-state index contributed by atoms with van der Waals surface area (Å²) in [5, 5.41) is 3.32. The first-order chi connectivity index (χ1) is 12.0. The van der Waals surface area contributed by atoms with Gasteiger partial charge in [0.25, 0.3) is 0 Å². The fourth-order valence-corrected chi connectivity index (χ4v) is 3.52. The van der Waals surface area contributed by atoms with Crippen LogP contribution in [0.25, 0.3) is 0 Å². The normalized spacial score (nSPS) is 16.3. The lowest BCUT2D eigenvalue weighted by atomic mass is 9.89. The van der Waals surface area contributed by atoms with Crippen molar-refractivity contribution in [3.63, 3.8) is 0 Å². The lowest BCUT2D eigenvalue weighted by Crippen LogP contribution is -2.39. The van der Waals surface area contributed by atoms with E-state index in [0.717, 1.165) is 23.6 Å². The number of carbonyl (C=O) groups excluding carboxylic acids is 1. The van der Waals surface area contributed by atoms with Gasteiger partial charge in [-0.3, -0.25) is 4.79 Å². The minimum atomic E-state index is -0.00270. The summed E-state index contributed by atoms with van der Waals surface area (Å²) in [5.74, 6) is 2.38. The van der Waals surface area contributed by atoms with Crippen molar-refractivity contribution in [1.29, 1.82) is 0 Å². The van der Waals surface area contributed by atoms with Gasteiger partial charge in [-0.05, 0) is 43.9 Å². The van der Waals surface area contributed by atoms with Crippen molar-refractivity contribution in [3.8, 4) is 11.5 Å². The Labute approximate surface area is 151 Å². The molecule has 0 aromatic heterocycles. The molecule has 140 valence electrons. The van der Waals surface area contributed by atoms with Gasteiger partial charge in [-0.15, -0.1) is 0 Å². The highest BCUT2D eigenvalue weighted by Crippen LogP contribution is 2.29. The maximum absolute atomic E-state index is 12.4. The predicted molar refractivity (Wildman–Crippen MR) is 100 cm³/mol. The maximum Gasteiger partial charge on any atom is 0.236 e. The van der Waals surface area contributed by atoms with Crippen LogP contribution in [-0.2, 0) is 4.79 Å². The van der Waals surface area contributed by atoms with Crippen LogP contribution in [0, 0.1) is 5.92 Å². The molecular weight excluding hydrogens is 316 g/mol. The molecule has 1 aliphatic carbocycles. The first kappa shape index (κ1) is 19.6. The highest BCUT2D eigenvalue weighted by Gasteiger charge is 2.19. The third-order valence-corrected chi connectivity index (χ3v) is 5.15. The highest BCUT2D eigenvalue weighted by atomic mass is 16.5. The molecule has 5 heteroatoms. The van der Waals surface area contributed by atoms with Crippen molar-refractivity contribution in [2.45, 2.75) is 45.1 Å². The van der Waals surface area contributed by atoms with Crippen LogP contribution < -0.4 is 14.8 Å². The Balaban J connectivity index is 1.87. The summed E-state index contributed by atoms with van der Waals surface area (Å²) in [7, 11) is 5.21. The molecule has 1 aromatic rings. The molecule has 0 spiro atoms. The first-order valence-electron chi connectivity index (χ1n) is 9.24. The molecule has 2 rings (SSSR count). The number of amides is 1. The van der Waals surface area contributed by atoms with Gasteiger partial charge >= 0.3 is 0 Å². The Kier molecular flexibility index (Phi) is 7.56. The molecule has 1 amide bonds. The van der Waals surface area contributed by atoms with Crippen LogP contribution in [0.4, 0.5) is 0 Å². The summed E-state index contributed by atoms with van der Waals surface area (Å²) in [6.07, 6.45) is 6.45. The van der Waals surface area contributed by atoms with Gasteiger partial charge < -0.3 is 19.7 Å². The van der Waals surface area contributed by atoms with Crippen molar-refractivity contribution in [2.24, 2.45) is 5.92 Å². The average molecular weight is 348 g/mol. The van der Waals surface area contributed by atoms with E-state index in [0.29, 0.717) is 12.5 Å². The molecule has 1 N–H and O–H groups in total. The molecule has 0 bridgehead atoms. The van der Waals surface area contributed by atoms with Crippen molar-refractivity contribution in [1.82, 2.24) is 10.2 Å². The zero-order chi connectivity index (χ0) is 18.2. The number of ether oxygens (including phenoxy) is 2. The molecule has 1 aliphatic rings. The van der Waals surface area contributed by atoms with Crippen LogP contribution in [-0.4, -0.2) is 45.2 Å². The third kappa shape index (κ3) is 5.63. The minimum absolute atomic E-state index is 0.00270. The lowest BCUT2D eigenvalue weighted by Gasteiger charge is -2.27. The monoisotopic (exact) mass is 348 g/mol. The van der Waals surface area contributed by atoms with E-state index in [2.05, 4.69) is 5.32 Å². The molecule has 0 heterocycles. The topological polar surface area (TPSA) is 50.8 Å². The molecule has 1 atom stereocenters. The van der Waals surface area contributed by atoms with Crippen molar-refractivity contribution < 1.29 is 14.3 Å². The number of methoxy groups -OCH3 is 2. The second-order valence-corrected chi connectivity index (χ2v) is 6.99. The molecule has 1 unspecified atom stereocenters. The molecule has 5 nitrogen and oxygen atoms in total. The zero-order valence-electron chi connectivity index (χ0n) is 16.0. The van der Waals surface area contributed by atoms with Gasteiger partial charge in [0.1, 0.15) is 11.5 Å². The van der Waals surface area contributed by atoms with E-state index < -0.39 is 0 Å². The van der Waals surface area contributed by atoms with E-state index in [1.807, 2.05) is 37.1 Å². The summed E-state index contributed by atoms with van der Waals surface area (Å²) < 4.78 is 10.7. The summed E-state index contributed by atoms with van der Waals surface area (Å²) in [6.45, 7) is 3.23. The van der Waals surface area contributed by atoms with Crippen LogP contribution in [0.2, 0.25) is 0 Å². The van der Waals surface area contributed by atoms with Crippen LogP contribution in [0.3, 0.4) is 0 Å². The maximum atomic E-state index is 12.4. The van der Waals surface area contributed by atoms with E-state index in [4.69, 9.17) is 9.47 Å². The van der Waals surface area contributed by atoms with Gasteiger partial charge in [0.15, 0.2) is 0 Å². The van der Waals surface area contributed by atoms with Crippen molar-refractivity contribution in [2.75, 3.05) is 34.4 Å². The van der Waals surface area contributed by atoms with Crippen LogP contribution >= 0.6 is 0 Å². The number of carbonyl (C=O) groups is 1. The van der Waals surface area contributed by atoms with Crippen LogP contribution in [0.5, 0.6) is 11.5 Å². The molecule has 25 heavy (non-hydrogen) atoms. The SMILES string of the molecule is COc1ccc(OC)c(C(C)NCC(=O)N(C)CC2CCCCC2)c1. The highest BCUT2D eigenvalue weighted by molar-refractivity contribution is 5.78. The van der Waals surface area contributed by atoms with E-state index in [-0.39, 0.29) is 11.9 Å².